The van der Waals surface area contributed by atoms with Crippen LogP contribution in [0.3, 0.4) is 0 Å². The van der Waals surface area contributed by atoms with Crippen molar-refractivity contribution in [3.8, 4) is 16.9 Å². The van der Waals surface area contributed by atoms with Crippen molar-refractivity contribution in [2.45, 2.75) is 13.5 Å². The molecule has 0 amide bonds. The molecule has 0 saturated carbocycles. The Morgan fingerprint density at radius 2 is 2.00 bits per heavy atom. The lowest BCUT2D eigenvalue weighted by atomic mass is 9.93. The van der Waals surface area contributed by atoms with Gasteiger partial charge in [0.1, 0.15) is 11.3 Å². The van der Waals surface area contributed by atoms with Crippen molar-refractivity contribution in [1.82, 2.24) is 0 Å². The van der Waals surface area contributed by atoms with Crippen LogP contribution in [0.4, 0.5) is 5.69 Å². The number of nitrogens with zero attached hydrogens (tertiary/aromatic N) is 1. The summed E-state index contributed by atoms with van der Waals surface area (Å²) in [4.78, 5) is 14.7. The Morgan fingerprint density at radius 3 is 2.78 bits per heavy atom. The average molecular weight is 307 g/mol. The molecule has 0 fully saturated rings. The van der Waals surface area contributed by atoms with E-state index in [0.29, 0.717) is 11.1 Å². The fourth-order valence-corrected chi connectivity index (χ4v) is 3.34. The highest BCUT2D eigenvalue weighted by Gasteiger charge is 2.26. The lowest BCUT2D eigenvalue weighted by molar-refractivity contribution is 0.414. The van der Waals surface area contributed by atoms with Gasteiger partial charge in [0.15, 0.2) is 0 Å². The summed E-state index contributed by atoms with van der Waals surface area (Å²) in [6.45, 7) is 2.77. The quantitative estimate of drug-likeness (QED) is 0.643. The number of fused-ring (bicyclic) bond motifs is 5. The van der Waals surface area contributed by atoms with Gasteiger partial charge in [-0.3, -0.25) is 0 Å². The molecule has 0 N–H and O–H groups in total. The molecule has 0 unspecified atom stereocenters. The van der Waals surface area contributed by atoms with Crippen LogP contribution in [0.5, 0.6) is 5.75 Å². The van der Waals surface area contributed by atoms with Crippen molar-refractivity contribution < 1.29 is 9.15 Å². The van der Waals surface area contributed by atoms with E-state index in [1.165, 1.54) is 0 Å². The zero-order valence-electron chi connectivity index (χ0n) is 13.3. The summed E-state index contributed by atoms with van der Waals surface area (Å²) in [5, 5.41) is 0.976. The molecule has 1 aliphatic heterocycles. The van der Waals surface area contributed by atoms with E-state index in [4.69, 9.17) is 9.15 Å². The maximum absolute atomic E-state index is 12.6. The molecule has 1 aromatic heterocycles. The summed E-state index contributed by atoms with van der Waals surface area (Å²) in [7, 11) is 3.65. The van der Waals surface area contributed by atoms with Gasteiger partial charge >= 0.3 is 5.63 Å². The largest absolute Gasteiger partial charge is 0.497 e. The smallest absolute Gasteiger partial charge is 0.346 e. The molecule has 0 atom stereocenters. The minimum absolute atomic E-state index is 0.297. The van der Waals surface area contributed by atoms with Crippen LogP contribution in [0, 0.1) is 6.92 Å². The van der Waals surface area contributed by atoms with E-state index in [2.05, 4.69) is 11.0 Å². The normalized spacial score (nSPS) is 12.9. The van der Waals surface area contributed by atoms with Crippen molar-refractivity contribution in [3.63, 3.8) is 0 Å². The van der Waals surface area contributed by atoms with Gasteiger partial charge in [0, 0.05) is 19.0 Å². The van der Waals surface area contributed by atoms with Crippen LogP contribution in [-0.2, 0) is 6.54 Å². The molecule has 2 aromatic carbocycles. The third kappa shape index (κ3) is 2.02. The van der Waals surface area contributed by atoms with Crippen molar-refractivity contribution in [1.29, 1.82) is 0 Å². The highest BCUT2D eigenvalue weighted by molar-refractivity contribution is 6.00. The number of hydrogen-bond donors (Lipinski definition) is 0. The molecule has 2 heterocycles. The maximum atomic E-state index is 12.6. The lowest BCUT2D eigenvalue weighted by Crippen LogP contribution is -2.25. The van der Waals surface area contributed by atoms with E-state index in [0.717, 1.165) is 40.1 Å². The topological polar surface area (TPSA) is 42.7 Å². The van der Waals surface area contributed by atoms with Crippen LogP contribution in [0.25, 0.3) is 22.1 Å². The number of methoxy groups -OCH3 is 1. The van der Waals surface area contributed by atoms with E-state index >= 15 is 0 Å². The fourth-order valence-electron chi connectivity index (χ4n) is 3.34. The maximum Gasteiger partial charge on any atom is 0.346 e. The molecule has 1 aliphatic rings. The van der Waals surface area contributed by atoms with Gasteiger partial charge in [0.25, 0.3) is 0 Å². The van der Waals surface area contributed by atoms with E-state index in [9.17, 15) is 4.79 Å². The standard InChI is InChI=1S/C19H17NO3/c1-11-4-7-16-15(8-11)18-17(19(21)23-16)14-6-5-13(22-3)9-12(14)10-20(18)2/h4-9H,10H2,1-3H3. The molecule has 4 rings (SSSR count). The van der Waals surface area contributed by atoms with Gasteiger partial charge in [0.05, 0.1) is 18.4 Å². The molecule has 3 aromatic rings. The SMILES string of the molecule is COc1ccc2c(c1)CN(C)c1c-2c(=O)oc2ccc(C)cc12. The number of aryl methyl sites for hydroxylation is 1. The minimum Gasteiger partial charge on any atom is -0.497 e. The Morgan fingerprint density at radius 1 is 1.17 bits per heavy atom. The second-order valence-corrected chi connectivity index (χ2v) is 5.99. The molecule has 0 saturated heterocycles. The third-order valence-corrected chi connectivity index (χ3v) is 4.40. The zero-order valence-corrected chi connectivity index (χ0v) is 13.3. The van der Waals surface area contributed by atoms with Gasteiger partial charge in [0.2, 0.25) is 0 Å². The van der Waals surface area contributed by atoms with Crippen LogP contribution in [0.1, 0.15) is 11.1 Å². The third-order valence-electron chi connectivity index (χ3n) is 4.40. The van der Waals surface area contributed by atoms with Gasteiger partial charge < -0.3 is 14.1 Å². The Balaban J connectivity index is 2.11. The summed E-state index contributed by atoms with van der Waals surface area (Å²) in [6.07, 6.45) is 0. The second kappa shape index (κ2) is 4.88. The first kappa shape index (κ1) is 13.9. The molecular weight excluding hydrogens is 290 g/mol. The Labute approximate surface area is 133 Å². The Kier molecular flexibility index (Phi) is 2.94. The summed E-state index contributed by atoms with van der Waals surface area (Å²) in [6, 6.07) is 11.7. The predicted octanol–water partition coefficient (Wildman–Crippen LogP) is 3.73. The summed E-state index contributed by atoms with van der Waals surface area (Å²) in [5.41, 5.74) is 5.04. The second-order valence-electron chi connectivity index (χ2n) is 5.99. The zero-order chi connectivity index (χ0) is 16.1. The van der Waals surface area contributed by atoms with Crippen molar-refractivity contribution in [2.75, 3.05) is 19.1 Å². The van der Waals surface area contributed by atoms with E-state index < -0.39 is 0 Å². The Bertz CT molecular complexity index is 988. The van der Waals surface area contributed by atoms with E-state index in [1.54, 1.807) is 7.11 Å². The number of anilines is 1. The summed E-state index contributed by atoms with van der Waals surface area (Å²) < 4.78 is 10.9. The van der Waals surface area contributed by atoms with Gasteiger partial charge in [-0.15, -0.1) is 0 Å². The van der Waals surface area contributed by atoms with Gasteiger partial charge in [-0.25, -0.2) is 4.79 Å². The molecule has 0 aliphatic carbocycles. The van der Waals surface area contributed by atoms with Crippen molar-refractivity contribution >= 4 is 16.7 Å². The van der Waals surface area contributed by atoms with Gasteiger partial charge in [-0.1, -0.05) is 17.7 Å². The number of ether oxygens (including phenoxy) is 1. The molecule has 0 spiro atoms. The van der Waals surface area contributed by atoms with Gasteiger partial charge in [-0.2, -0.15) is 0 Å². The molecule has 0 radical (unpaired) electrons. The van der Waals surface area contributed by atoms with E-state index in [1.807, 2.05) is 44.3 Å². The lowest BCUT2D eigenvalue weighted by Gasteiger charge is -2.30. The van der Waals surface area contributed by atoms with Crippen LogP contribution >= 0.6 is 0 Å². The summed E-state index contributed by atoms with van der Waals surface area (Å²) >= 11 is 0. The predicted molar refractivity (Wildman–Crippen MR) is 91.3 cm³/mol. The van der Waals surface area contributed by atoms with E-state index in [-0.39, 0.29) is 5.63 Å². The first-order valence-electron chi connectivity index (χ1n) is 7.54. The molecule has 4 nitrogen and oxygen atoms in total. The van der Waals surface area contributed by atoms with Gasteiger partial charge in [-0.05, 0) is 42.3 Å². The molecule has 23 heavy (non-hydrogen) atoms. The Hall–Kier alpha value is -2.75. The van der Waals surface area contributed by atoms with Crippen LogP contribution in [0.15, 0.2) is 45.6 Å². The van der Waals surface area contributed by atoms with Crippen LogP contribution < -0.4 is 15.3 Å². The highest BCUT2D eigenvalue weighted by atomic mass is 16.5. The first-order valence-corrected chi connectivity index (χ1v) is 7.54. The molecular formula is C19H17NO3. The fraction of sp³-hybridized carbons (Fsp3) is 0.211. The van der Waals surface area contributed by atoms with Crippen molar-refractivity contribution in [2.24, 2.45) is 0 Å². The molecule has 0 bridgehead atoms. The van der Waals surface area contributed by atoms with Crippen LogP contribution in [0.2, 0.25) is 0 Å². The molecule has 116 valence electrons. The first-order chi connectivity index (χ1) is 11.1. The average Bonchev–Trinajstić information content (AvgIpc) is 2.54. The number of rotatable bonds is 1. The minimum atomic E-state index is -0.297. The molecule has 4 heteroatoms. The van der Waals surface area contributed by atoms with Crippen molar-refractivity contribution in [3.05, 3.63) is 57.9 Å². The number of benzene rings is 2. The highest BCUT2D eigenvalue weighted by Crippen LogP contribution is 2.41. The summed E-state index contributed by atoms with van der Waals surface area (Å²) in [5.74, 6) is 0.793. The monoisotopic (exact) mass is 307 g/mol. The number of hydrogen-bond acceptors (Lipinski definition) is 4. The van der Waals surface area contributed by atoms with Crippen LogP contribution in [-0.4, -0.2) is 14.2 Å².